The number of aromatic amines is 1. The van der Waals surface area contributed by atoms with Crippen LogP contribution < -0.4 is 0 Å². The van der Waals surface area contributed by atoms with Crippen LogP contribution in [-0.4, -0.2) is 59.9 Å². The number of nitrogens with one attached hydrogen (secondary N) is 1. The number of H-pyrrole nitrogens is 1. The summed E-state index contributed by atoms with van der Waals surface area (Å²) in [6.07, 6.45) is 3.08. The van der Waals surface area contributed by atoms with Gasteiger partial charge in [0.1, 0.15) is 10.5 Å². The lowest BCUT2D eigenvalue weighted by molar-refractivity contribution is -0.115. The number of nitrogens with zero attached hydrogens (tertiary/aromatic N) is 2. The maximum atomic E-state index is 12.7. The molecule has 7 nitrogen and oxygen atoms in total. The highest BCUT2D eigenvalue weighted by molar-refractivity contribution is 7.89. The number of hydrogen-bond acceptors (Lipinski definition) is 5. The number of rotatable bonds is 5. The van der Waals surface area contributed by atoms with E-state index < -0.39 is 15.6 Å². The highest BCUT2D eigenvalue weighted by Crippen LogP contribution is 2.27. The average molecular weight is 351 g/mol. The molecule has 3 rings (SSSR count). The Morgan fingerprint density at radius 2 is 2.29 bits per heavy atom. The van der Waals surface area contributed by atoms with E-state index in [-0.39, 0.29) is 31.2 Å². The smallest absolute Gasteiger partial charge is 0.246 e. The second-order valence-electron chi connectivity index (χ2n) is 6.13. The Hall–Kier alpha value is -1.74. The third-order valence-electron chi connectivity index (χ3n) is 4.22. The van der Waals surface area contributed by atoms with Crippen LogP contribution in [0.4, 0.5) is 0 Å². The van der Waals surface area contributed by atoms with Crippen molar-refractivity contribution in [1.82, 2.24) is 14.5 Å². The topological polar surface area (TPSA) is 95.5 Å². The first kappa shape index (κ1) is 17.1. The fraction of sp³-hybridized carbons (Fsp3) is 0.438. The van der Waals surface area contributed by atoms with E-state index in [4.69, 9.17) is 4.74 Å². The van der Waals surface area contributed by atoms with E-state index in [9.17, 15) is 13.5 Å². The third-order valence-corrected chi connectivity index (χ3v) is 6.03. The standard InChI is InChI=1S/C16H21N3O4S/c1-13-3-2-4-14(7-13)8-16(12-20)11-19(5-6-23-16)24(21,22)15-9-17-18-10-15/h2-4,7,9-10,20H,5-6,8,11-12H2,1H3,(H,17,18). The molecule has 0 aliphatic carbocycles. The lowest BCUT2D eigenvalue weighted by atomic mass is 9.93. The van der Waals surface area contributed by atoms with E-state index in [1.54, 1.807) is 0 Å². The average Bonchev–Trinajstić information content (AvgIpc) is 3.10. The highest BCUT2D eigenvalue weighted by atomic mass is 32.2. The van der Waals surface area contributed by atoms with Gasteiger partial charge in [-0.1, -0.05) is 29.8 Å². The van der Waals surface area contributed by atoms with Crippen molar-refractivity contribution in [2.24, 2.45) is 0 Å². The van der Waals surface area contributed by atoms with Crippen molar-refractivity contribution in [2.75, 3.05) is 26.3 Å². The molecule has 1 aliphatic heterocycles. The first-order valence-corrected chi connectivity index (χ1v) is 9.18. The van der Waals surface area contributed by atoms with Crippen molar-refractivity contribution in [2.45, 2.75) is 23.8 Å². The predicted octanol–water partition coefficient (Wildman–Crippen LogP) is 0.713. The van der Waals surface area contributed by atoms with Crippen molar-refractivity contribution in [3.05, 3.63) is 47.8 Å². The Kier molecular flexibility index (Phi) is 4.73. The Bertz CT molecular complexity index is 791. The molecule has 0 saturated carbocycles. The molecule has 8 heteroatoms. The molecule has 1 aromatic heterocycles. The Balaban J connectivity index is 1.84. The van der Waals surface area contributed by atoms with Gasteiger partial charge >= 0.3 is 0 Å². The highest BCUT2D eigenvalue weighted by Gasteiger charge is 2.41. The van der Waals surface area contributed by atoms with Gasteiger partial charge in [-0.2, -0.15) is 9.40 Å². The summed E-state index contributed by atoms with van der Waals surface area (Å²) in [7, 11) is -3.65. The van der Waals surface area contributed by atoms with E-state index >= 15 is 0 Å². The maximum Gasteiger partial charge on any atom is 0.246 e. The Morgan fingerprint density at radius 3 is 2.96 bits per heavy atom. The lowest BCUT2D eigenvalue weighted by Crippen LogP contribution is -2.56. The van der Waals surface area contributed by atoms with Gasteiger partial charge in [0.2, 0.25) is 10.0 Å². The fourth-order valence-corrected chi connectivity index (χ4v) is 4.40. The van der Waals surface area contributed by atoms with Crippen molar-refractivity contribution >= 4 is 10.0 Å². The molecule has 1 atom stereocenters. The second-order valence-corrected chi connectivity index (χ2v) is 8.07. The van der Waals surface area contributed by atoms with Crippen LogP contribution >= 0.6 is 0 Å². The number of aliphatic hydroxyl groups excluding tert-OH is 1. The monoisotopic (exact) mass is 351 g/mol. The van der Waals surface area contributed by atoms with Gasteiger partial charge in [-0.05, 0) is 12.5 Å². The zero-order valence-corrected chi connectivity index (χ0v) is 14.3. The van der Waals surface area contributed by atoms with Gasteiger partial charge < -0.3 is 9.84 Å². The summed E-state index contributed by atoms with van der Waals surface area (Å²) in [5.74, 6) is 0. The normalized spacial score (nSPS) is 22.6. The summed E-state index contributed by atoms with van der Waals surface area (Å²) in [5, 5.41) is 16.1. The van der Waals surface area contributed by atoms with Gasteiger partial charge in [-0.15, -0.1) is 0 Å². The first-order valence-electron chi connectivity index (χ1n) is 7.74. The third kappa shape index (κ3) is 3.36. The first-order chi connectivity index (χ1) is 11.5. The SMILES string of the molecule is Cc1cccc(CC2(CO)CN(S(=O)(=O)c3cn[nH]c3)CCO2)c1. The summed E-state index contributed by atoms with van der Waals surface area (Å²) >= 11 is 0. The fourth-order valence-electron chi connectivity index (χ4n) is 3.00. The molecule has 2 N–H and O–H groups in total. The van der Waals surface area contributed by atoms with E-state index in [1.807, 2.05) is 31.2 Å². The number of sulfonamides is 1. The van der Waals surface area contributed by atoms with E-state index in [0.717, 1.165) is 11.1 Å². The van der Waals surface area contributed by atoms with Crippen LogP contribution in [0.2, 0.25) is 0 Å². The summed E-state index contributed by atoms with van der Waals surface area (Å²) in [6.45, 7) is 2.34. The van der Waals surface area contributed by atoms with Gasteiger partial charge in [0.05, 0.1) is 19.4 Å². The molecule has 1 unspecified atom stereocenters. The van der Waals surface area contributed by atoms with Gasteiger partial charge in [-0.3, -0.25) is 5.10 Å². The van der Waals surface area contributed by atoms with E-state index in [0.29, 0.717) is 6.42 Å². The molecule has 0 amide bonds. The molecule has 2 heterocycles. The molecule has 1 saturated heterocycles. The van der Waals surface area contributed by atoms with Crippen LogP contribution in [0, 0.1) is 6.92 Å². The van der Waals surface area contributed by atoms with Crippen molar-refractivity contribution in [3.63, 3.8) is 0 Å². The number of aryl methyl sites for hydroxylation is 1. The molecule has 0 radical (unpaired) electrons. The van der Waals surface area contributed by atoms with Crippen LogP contribution in [0.3, 0.4) is 0 Å². The Labute approximate surface area is 141 Å². The number of hydrogen-bond donors (Lipinski definition) is 2. The van der Waals surface area contributed by atoms with E-state index in [1.165, 1.54) is 16.7 Å². The van der Waals surface area contributed by atoms with Crippen LogP contribution in [0.25, 0.3) is 0 Å². The summed E-state index contributed by atoms with van der Waals surface area (Å²) in [4.78, 5) is 0.117. The minimum atomic E-state index is -3.65. The number of ether oxygens (including phenoxy) is 1. The molecular weight excluding hydrogens is 330 g/mol. The summed E-state index contributed by atoms with van der Waals surface area (Å²) in [5.41, 5.74) is 1.17. The molecule has 2 aromatic rings. The summed E-state index contributed by atoms with van der Waals surface area (Å²) in [6, 6.07) is 7.91. The second kappa shape index (κ2) is 6.64. The molecule has 1 fully saturated rings. The largest absolute Gasteiger partial charge is 0.393 e. The van der Waals surface area contributed by atoms with Gasteiger partial charge in [-0.25, -0.2) is 8.42 Å². The molecule has 24 heavy (non-hydrogen) atoms. The lowest BCUT2D eigenvalue weighted by Gasteiger charge is -2.41. The maximum absolute atomic E-state index is 12.7. The summed E-state index contributed by atoms with van der Waals surface area (Å²) < 4.78 is 32.6. The minimum absolute atomic E-state index is 0.102. The van der Waals surface area contributed by atoms with Crippen LogP contribution in [0.1, 0.15) is 11.1 Å². The number of aliphatic hydroxyl groups is 1. The number of aromatic nitrogens is 2. The number of morpholine rings is 1. The molecule has 0 spiro atoms. The molecule has 0 bridgehead atoms. The Morgan fingerprint density at radius 1 is 1.46 bits per heavy atom. The van der Waals surface area contributed by atoms with Gasteiger partial charge in [0.25, 0.3) is 0 Å². The predicted molar refractivity (Wildman–Crippen MR) is 88.0 cm³/mol. The zero-order chi connectivity index (χ0) is 17.2. The molecule has 1 aliphatic rings. The van der Waals surface area contributed by atoms with Crippen LogP contribution in [-0.2, 0) is 21.2 Å². The number of benzene rings is 1. The quantitative estimate of drug-likeness (QED) is 0.827. The van der Waals surface area contributed by atoms with Crippen LogP contribution in [0.15, 0.2) is 41.6 Å². The minimum Gasteiger partial charge on any atom is -0.393 e. The van der Waals surface area contributed by atoms with Crippen molar-refractivity contribution in [3.8, 4) is 0 Å². The van der Waals surface area contributed by atoms with E-state index in [2.05, 4.69) is 10.2 Å². The molecule has 1 aromatic carbocycles. The van der Waals surface area contributed by atoms with Crippen molar-refractivity contribution in [1.29, 1.82) is 0 Å². The molecule has 130 valence electrons. The zero-order valence-electron chi connectivity index (χ0n) is 13.5. The van der Waals surface area contributed by atoms with Gasteiger partial charge in [0, 0.05) is 25.7 Å². The van der Waals surface area contributed by atoms with Gasteiger partial charge in [0.15, 0.2) is 0 Å². The van der Waals surface area contributed by atoms with Crippen molar-refractivity contribution < 1.29 is 18.3 Å². The molecular formula is C16H21N3O4S. The van der Waals surface area contributed by atoms with Crippen LogP contribution in [0.5, 0.6) is 0 Å².